The number of methoxy groups -OCH3 is 1. The number of cyclic esters (lactones) is 1. The minimum Gasteiger partial charge on any atom is -0.459 e. The lowest BCUT2D eigenvalue weighted by molar-refractivity contribution is -0.301. The molecule has 0 amide bonds. The maximum Gasteiger partial charge on any atom is 0.311 e. The molecule has 2 heterocycles. The van der Waals surface area contributed by atoms with E-state index >= 15 is 0 Å². The van der Waals surface area contributed by atoms with E-state index in [2.05, 4.69) is 6.92 Å². The van der Waals surface area contributed by atoms with Gasteiger partial charge in [-0.15, -0.1) is 0 Å². The number of ether oxygens (including phenoxy) is 4. The molecule has 14 atom stereocenters. The van der Waals surface area contributed by atoms with Gasteiger partial charge in [-0.3, -0.25) is 4.79 Å². The van der Waals surface area contributed by atoms with Crippen LogP contribution in [0.3, 0.4) is 0 Å². The second-order valence-corrected chi connectivity index (χ2v) is 13.9. The summed E-state index contributed by atoms with van der Waals surface area (Å²) in [6, 6.07) is -0.187. The van der Waals surface area contributed by atoms with Gasteiger partial charge < -0.3 is 44.0 Å². The fraction of sp³-hybridized carbons (Fsp3) is 0.938. The summed E-state index contributed by atoms with van der Waals surface area (Å²) in [5.41, 5.74) is -2.39. The van der Waals surface area contributed by atoms with E-state index in [1.807, 2.05) is 53.6 Å². The summed E-state index contributed by atoms with van der Waals surface area (Å²) >= 11 is 0. The van der Waals surface area contributed by atoms with Crippen LogP contribution in [0.1, 0.15) is 87.5 Å². The van der Waals surface area contributed by atoms with Crippen molar-refractivity contribution in [3.05, 3.63) is 0 Å². The zero-order valence-corrected chi connectivity index (χ0v) is 27.8. The van der Waals surface area contributed by atoms with Gasteiger partial charge in [0, 0.05) is 31.4 Å². The summed E-state index contributed by atoms with van der Waals surface area (Å²) in [5, 5.41) is 34.6. The summed E-state index contributed by atoms with van der Waals surface area (Å²) < 4.78 is 24.8. The first-order valence-corrected chi connectivity index (χ1v) is 15.7. The molecule has 0 radical (unpaired) electrons. The van der Waals surface area contributed by atoms with Crippen LogP contribution in [0, 0.1) is 29.6 Å². The lowest BCUT2D eigenvalue weighted by Gasteiger charge is -2.48. The molecule has 0 aromatic rings. The number of likely N-dealkylation sites (N-methyl/N-ethyl adjacent to an activating group) is 1. The van der Waals surface area contributed by atoms with Gasteiger partial charge in [0.1, 0.15) is 24.1 Å². The fourth-order valence-electron chi connectivity index (χ4n) is 7.54. The van der Waals surface area contributed by atoms with Crippen LogP contribution >= 0.6 is 0 Å². The SMILES string of the molecule is CC[C@H]1OC(=O)[C@H](C)[C@@H](O)[C@H](C)[C@@H](O[C@@H]2O[C@H](C)C[C@H](N(C)C)[C@H]2O)[C@](C)(OC)C[C@@H](C)CC(C)[C@@H](CC=O)[C@]1(C)O. The monoisotopic (exact) mass is 601 g/mol. The molecule has 10 nitrogen and oxygen atoms in total. The van der Waals surface area contributed by atoms with E-state index in [-0.39, 0.29) is 30.4 Å². The second kappa shape index (κ2) is 15.2. The average Bonchev–Trinajstić information content (AvgIpc) is 2.92. The standard InChI is InChI=1S/C32H59NO9/c1-12-25-32(8,38)23(13-14-34)19(3)15-18(2)17-31(7,39-11)28(21(5)26(35)22(6)29(37)41-25)42-30-27(36)24(33(9)10)16-20(4)40-30/h14,18-28,30,35-36,38H,12-13,15-17H2,1-11H3/t18-,19?,20+,21-,22+,23+,24-,25+,26-,27+,28+,30-,31+,32-/m0/s1. The first-order valence-electron chi connectivity index (χ1n) is 15.7. The number of nitrogens with zero attached hydrogens (tertiary/aromatic N) is 1. The Hall–Kier alpha value is -1.14. The molecule has 2 saturated heterocycles. The summed E-state index contributed by atoms with van der Waals surface area (Å²) in [7, 11) is 5.41. The Bertz CT molecular complexity index is 869. The highest BCUT2D eigenvalue weighted by atomic mass is 16.7. The topological polar surface area (TPSA) is 135 Å². The number of aldehydes is 1. The maximum atomic E-state index is 13.4. The van der Waals surface area contributed by atoms with Crippen LogP contribution in [0.4, 0.5) is 0 Å². The van der Waals surface area contributed by atoms with Crippen molar-refractivity contribution in [2.75, 3.05) is 21.2 Å². The first-order chi connectivity index (χ1) is 19.4. The molecule has 3 N–H and O–H groups in total. The quantitative estimate of drug-likeness (QED) is 0.295. The lowest BCUT2D eigenvalue weighted by atomic mass is 9.70. The molecule has 0 spiro atoms. The second-order valence-electron chi connectivity index (χ2n) is 13.9. The minimum absolute atomic E-state index is 0.0685. The molecule has 1 unspecified atom stereocenters. The molecular weight excluding hydrogens is 542 g/mol. The number of aliphatic hydroxyl groups is 3. The zero-order chi connectivity index (χ0) is 32.2. The predicted molar refractivity (Wildman–Crippen MR) is 160 cm³/mol. The van der Waals surface area contributed by atoms with Gasteiger partial charge in [0.15, 0.2) is 6.29 Å². The van der Waals surface area contributed by atoms with Crippen molar-refractivity contribution in [1.29, 1.82) is 0 Å². The van der Waals surface area contributed by atoms with Crippen molar-refractivity contribution in [3.63, 3.8) is 0 Å². The lowest BCUT2D eigenvalue weighted by Crippen LogP contribution is -2.59. The van der Waals surface area contributed by atoms with Gasteiger partial charge >= 0.3 is 5.97 Å². The van der Waals surface area contributed by atoms with Gasteiger partial charge in [-0.05, 0) is 79.3 Å². The Balaban J connectivity index is 2.58. The third-order valence-corrected chi connectivity index (χ3v) is 10.1. The van der Waals surface area contributed by atoms with E-state index in [0.717, 1.165) is 6.29 Å². The average molecular weight is 602 g/mol. The molecule has 2 rings (SSSR count). The van der Waals surface area contributed by atoms with Gasteiger partial charge in [-0.1, -0.05) is 27.7 Å². The molecule has 0 aromatic carbocycles. The van der Waals surface area contributed by atoms with Crippen molar-refractivity contribution in [2.24, 2.45) is 29.6 Å². The number of esters is 1. The van der Waals surface area contributed by atoms with Crippen molar-refractivity contribution in [1.82, 2.24) is 4.90 Å². The highest BCUT2D eigenvalue weighted by Gasteiger charge is 2.50. The minimum atomic E-state index is -1.45. The number of aliphatic hydroxyl groups excluding tert-OH is 2. The van der Waals surface area contributed by atoms with E-state index in [9.17, 15) is 24.9 Å². The Morgan fingerprint density at radius 1 is 1.07 bits per heavy atom. The summed E-state index contributed by atoms with van der Waals surface area (Å²) in [5.74, 6) is -2.68. The molecule has 2 fully saturated rings. The Morgan fingerprint density at radius 3 is 2.21 bits per heavy atom. The molecule has 0 saturated carbocycles. The largest absolute Gasteiger partial charge is 0.459 e. The van der Waals surface area contributed by atoms with Crippen LogP contribution in [-0.4, -0.2) is 108 Å². The predicted octanol–water partition coefficient (Wildman–Crippen LogP) is 3.18. The van der Waals surface area contributed by atoms with Crippen LogP contribution in [0.2, 0.25) is 0 Å². The number of carbonyl (C=O) groups is 2. The third-order valence-electron chi connectivity index (χ3n) is 10.1. The first kappa shape index (κ1) is 37.0. The molecule has 10 heteroatoms. The van der Waals surface area contributed by atoms with E-state index in [4.69, 9.17) is 18.9 Å². The highest BCUT2D eigenvalue weighted by Crippen LogP contribution is 2.41. The number of hydrogen-bond donors (Lipinski definition) is 3. The third kappa shape index (κ3) is 8.31. The zero-order valence-electron chi connectivity index (χ0n) is 27.8. The van der Waals surface area contributed by atoms with E-state index in [0.29, 0.717) is 25.7 Å². The number of carbonyl (C=O) groups excluding carboxylic acids is 2. The normalized spacial score (nSPS) is 46.6. The van der Waals surface area contributed by atoms with Crippen molar-refractivity contribution in [2.45, 2.75) is 142 Å². The fourth-order valence-corrected chi connectivity index (χ4v) is 7.54. The van der Waals surface area contributed by atoms with Crippen LogP contribution < -0.4 is 0 Å². The van der Waals surface area contributed by atoms with E-state index in [1.54, 1.807) is 21.0 Å². The van der Waals surface area contributed by atoms with Gasteiger partial charge in [0.2, 0.25) is 0 Å². The van der Waals surface area contributed by atoms with Crippen LogP contribution in [0.25, 0.3) is 0 Å². The van der Waals surface area contributed by atoms with Gasteiger partial charge in [0.25, 0.3) is 0 Å². The van der Waals surface area contributed by atoms with Crippen LogP contribution in [-0.2, 0) is 28.5 Å². The maximum absolute atomic E-state index is 13.4. The smallest absolute Gasteiger partial charge is 0.311 e. The molecule has 2 aliphatic heterocycles. The number of hydrogen-bond acceptors (Lipinski definition) is 10. The van der Waals surface area contributed by atoms with E-state index < -0.39 is 65.6 Å². The summed E-state index contributed by atoms with van der Waals surface area (Å²) in [6.45, 7) is 14.9. The molecule has 42 heavy (non-hydrogen) atoms. The summed E-state index contributed by atoms with van der Waals surface area (Å²) in [6.07, 6.45) is -1.77. The Morgan fingerprint density at radius 2 is 1.69 bits per heavy atom. The molecule has 0 bridgehead atoms. The van der Waals surface area contributed by atoms with Gasteiger partial charge in [-0.2, -0.15) is 0 Å². The highest BCUT2D eigenvalue weighted by molar-refractivity contribution is 5.73. The Kier molecular flexibility index (Phi) is 13.4. The van der Waals surface area contributed by atoms with Gasteiger partial charge in [-0.25, -0.2) is 0 Å². The molecule has 0 aliphatic carbocycles. The van der Waals surface area contributed by atoms with Crippen LogP contribution in [0.15, 0.2) is 0 Å². The summed E-state index contributed by atoms with van der Waals surface area (Å²) in [4.78, 5) is 27.1. The molecular formula is C32H59NO9. The molecule has 2 aliphatic rings. The van der Waals surface area contributed by atoms with E-state index in [1.165, 1.54) is 0 Å². The van der Waals surface area contributed by atoms with Crippen molar-refractivity contribution in [3.8, 4) is 0 Å². The van der Waals surface area contributed by atoms with Crippen molar-refractivity contribution >= 4 is 12.3 Å². The van der Waals surface area contributed by atoms with Crippen molar-refractivity contribution < 1.29 is 43.9 Å². The van der Waals surface area contributed by atoms with Gasteiger partial charge in [0.05, 0.1) is 29.8 Å². The molecule has 246 valence electrons. The van der Waals surface area contributed by atoms with Crippen LogP contribution in [0.5, 0.6) is 0 Å². The molecule has 0 aromatic heterocycles. The Labute approximate surface area is 253 Å². The number of rotatable bonds is 7.